The molecule has 1 heterocycles. The number of nitrogens with two attached hydrogens (primary N) is 1. The average Bonchev–Trinajstić information content (AvgIpc) is 3.18. The number of carbonyl (C=O) groups is 2. The second-order valence-corrected chi connectivity index (χ2v) is 6.95. The van der Waals surface area contributed by atoms with Crippen molar-refractivity contribution in [3.05, 3.63) is 64.5 Å². The summed E-state index contributed by atoms with van der Waals surface area (Å²) in [7, 11) is 0. The second kappa shape index (κ2) is 8.53. The number of carbonyl (C=O) groups excluding carboxylic acids is 2. The normalized spacial score (nSPS) is 11.6. The highest BCUT2D eigenvalue weighted by Gasteiger charge is 2.15. The van der Waals surface area contributed by atoms with E-state index in [0.29, 0.717) is 5.01 Å². The summed E-state index contributed by atoms with van der Waals surface area (Å²) in [6, 6.07) is 13.8. The number of amides is 2. The third-order valence-electron chi connectivity index (χ3n) is 3.89. The van der Waals surface area contributed by atoms with E-state index in [9.17, 15) is 14.7 Å². The van der Waals surface area contributed by atoms with E-state index in [2.05, 4.69) is 10.3 Å². The van der Waals surface area contributed by atoms with Crippen LogP contribution in [0, 0.1) is 0 Å². The fourth-order valence-corrected chi connectivity index (χ4v) is 3.20. The fourth-order valence-electron chi connectivity index (χ4n) is 2.46. The third-order valence-corrected chi connectivity index (χ3v) is 4.73. The van der Waals surface area contributed by atoms with Crippen molar-refractivity contribution >= 4 is 23.2 Å². The minimum Gasteiger partial charge on any atom is -0.504 e. The molecule has 144 valence electrons. The van der Waals surface area contributed by atoms with E-state index < -0.39 is 12.0 Å². The topological polar surface area (TPSA) is 115 Å². The van der Waals surface area contributed by atoms with E-state index >= 15 is 0 Å². The summed E-state index contributed by atoms with van der Waals surface area (Å²) in [4.78, 5) is 27.8. The number of rotatable bonds is 7. The molecule has 1 atom stereocenters. The van der Waals surface area contributed by atoms with Crippen LogP contribution in [0.4, 0.5) is 0 Å². The first-order chi connectivity index (χ1) is 13.4. The number of thiazole rings is 1. The highest BCUT2D eigenvalue weighted by atomic mass is 32.1. The Morgan fingerprint density at radius 2 is 2.00 bits per heavy atom. The van der Waals surface area contributed by atoms with Gasteiger partial charge in [-0.2, -0.15) is 0 Å². The van der Waals surface area contributed by atoms with Gasteiger partial charge >= 0.3 is 0 Å². The lowest BCUT2D eigenvalue weighted by molar-refractivity contribution is 0.0930. The van der Waals surface area contributed by atoms with Gasteiger partial charge in [0.2, 0.25) is 5.91 Å². The molecule has 28 heavy (non-hydrogen) atoms. The summed E-state index contributed by atoms with van der Waals surface area (Å²) in [5, 5.41) is 14.9. The molecule has 0 aliphatic heterocycles. The van der Waals surface area contributed by atoms with E-state index in [1.807, 2.05) is 35.7 Å². The van der Waals surface area contributed by atoms with Crippen molar-refractivity contribution in [3.8, 4) is 22.8 Å². The van der Waals surface area contributed by atoms with Crippen LogP contribution >= 0.6 is 11.3 Å². The predicted octanol–water partition coefficient (Wildman–Crippen LogP) is 2.81. The van der Waals surface area contributed by atoms with Crippen LogP contribution in [-0.4, -0.2) is 34.6 Å². The molecular weight excluding hydrogens is 378 g/mol. The smallest absolute Gasteiger partial charge is 0.280 e. The number of aromatic nitrogens is 1. The van der Waals surface area contributed by atoms with E-state index in [0.717, 1.165) is 11.3 Å². The van der Waals surface area contributed by atoms with Crippen LogP contribution in [0.3, 0.4) is 0 Å². The third kappa shape index (κ3) is 4.66. The van der Waals surface area contributed by atoms with Crippen molar-refractivity contribution in [1.29, 1.82) is 0 Å². The molecular formula is C20H19N3O4S. The van der Waals surface area contributed by atoms with Crippen molar-refractivity contribution < 1.29 is 19.4 Å². The molecule has 3 aromatic rings. The number of ether oxygens (including phenoxy) is 1. The Balaban J connectivity index is 1.56. The van der Waals surface area contributed by atoms with Crippen molar-refractivity contribution in [3.63, 3.8) is 0 Å². The SMILES string of the molecule is CC(CNC(=O)c1nc(-c2ccccc2)cs1)Oc1ccc(C(N)=O)cc1O. The number of primary amides is 1. The average molecular weight is 397 g/mol. The number of hydrogen-bond acceptors (Lipinski definition) is 6. The molecule has 0 spiro atoms. The van der Waals surface area contributed by atoms with Gasteiger partial charge in [0.05, 0.1) is 12.2 Å². The summed E-state index contributed by atoms with van der Waals surface area (Å²) in [6.45, 7) is 1.97. The summed E-state index contributed by atoms with van der Waals surface area (Å²) >= 11 is 1.27. The van der Waals surface area contributed by atoms with Crippen molar-refractivity contribution in [2.45, 2.75) is 13.0 Å². The van der Waals surface area contributed by atoms with Gasteiger partial charge in [-0.15, -0.1) is 11.3 Å². The Bertz CT molecular complexity index is 988. The highest BCUT2D eigenvalue weighted by molar-refractivity contribution is 7.12. The lowest BCUT2D eigenvalue weighted by atomic mass is 10.2. The van der Waals surface area contributed by atoms with Gasteiger partial charge in [0.1, 0.15) is 6.10 Å². The molecule has 2 amide bonds. The zero-order valence-electron chi connectivity index (χ0n) is 15.1. The van der Waals surface area contributed by atoms with Crippen molar-refractivity contribution in [1.82, 2.24) is 10.3 Å². The molecule has 0 saturated carbocycles. The molecule has 0 aliphatic carbocycles. The lowest BCUT2D eigenvalue weighted by Gasteiger charge is -2.16. The van der Waals surface area contributed by atoms with Gasteiger partial charge in [-0.05, 0) is 25.1 Å². The number of phenolic OH excluding ortho intramolecular Hbond substituents is 1. The van der Waals surface area contributed by atoms with E-state index in [1.165, 1.54) is 29.5 Å². The zero-order chi connectivity index (χ0) is 20.1. The number of phenols is 1. The van der Waals surface area contributed by atoms with Gasteiger partial charge in [0.15, 0.2) is 16.5 Å². The molecule has 4 N–H and O–H groups in total. The molecule has 0 saturated heterocycles. The van der Waals surface area contributed by atoms with Crippen LogP contribution in [0.15, 0.2) is 53.9 Å². The van der Waals surface area contributed by atoms with Gasteiger partial charge in [-0.3, -0.25) is 9.59 Å². The maximum absolute atomic E-state index is 12.3. The lowest BCUT2D eigenvalue weighted by Crippen LogP contribution is -2.33. The molecule has 2 aromatic carbocycles. The Labute approximate surface area is 165 Å². The molecule has 1 unspecified atom stereocenters. The van der Waals surface area contributed by atoms with Crippen LogP contribution in [-0.2, 0) is 0 Å². The zero-order valence-corrected chi connectivity index (χ0v) is 15.9. The van der Waals surface area contributed by atoms with Gasteiger partial charge in [-0.25, -0.2) is 4.98 Å². The highest BCUT2D eigenvalue weighted by Crippen LogP contribution is 2.27. The Morgan fingerprint density at radius 3 is 2.68 bits per heavy atom. The first kappa shape index (κ1) is 19.4. The largest absolute Gasteiger partial charge is 0.504 e. The Kier molecular flexibility index (Phi) is 5.90. The first-order valence-corrected chi connectivity index (χ1v) is 9.40. The van der Waals surface area contributed by atoms with E-state index in [-0.39, 0.29) is 29.5 Å². The summed E-state index contributed by atoms with van der Waals surface area (Å²) in [5.74, 6) is -0.925. The number of benzene rings is 2. The molecule has 0 fully saturated rings. The van der Waals surface area contributed by atoms with Gasteiger partial charge in [0, 0.05) is 16.5 Å². The fraction of sp³-hybridized carbons (Fsp3) is 0.150. The first-order valence-electron chi connectivity index (χ1n) is 8.52. The summed E-state index contributed by atoms with van der Waals surface area (Å²) in [6.07, 6.45) is -0.414. The van der Waals surface area contributed by atoms with Crippen LogP contribution in [0.5, 0.6) is 11.5 Å². The van der Waals surface area contributed by atoms with Crippen molar-refractivity contribution in [2.24, 2.45) is 5.73 Å². The minimum atomic E-state index is -0.638. The Morgan fingerprint density at radius 1 is 1.25 bits per heavy atom. The van der Waals surface area contributed by atoms with Gasteiger partial charge in [-0.1, -0.05) is 30.3 Å². The Hall–Kier alpha value is -3.39. The number of aromatic hydroxyl groups is 1. The standard InChI is InChI=1S/C20H19N3O4S/c1-12(27-17-8-7-14(18(21)25)9-16(17)24)10-22-19(26)20-23-15(11-28-20)13-5-3-2-4-6-13/h2-9,11-12,24H,10H2,1H3,(H2,21,25)(H,22,26). The summed E-state index contributed by atoms with van der Waals surface area (Å²) in [5.41, 5.74) is 7.05. The molecule has 7 nitrogen and oxygen atoms in total. The second-order valence-electron chi connectivity index (χ2n) is 6.09. The molecule has 0 radical (unpaired) electrons. The molecule has 0 bridgehead atoms. The molecule has 3 rings (SSSR count). The van der Waals surface area contributed by atoms with Gasteiger partial charge < -0.3 is 20.9 Å². The number of hydrogen-bond donors (Lipinski definition) is 3. The van der Waals surface area contributed by atoms with Crippen molar-refractivity contribution in [2.75, 3.05) is 6.54 Å². The van der Waals surface area contributed by atoms with E-state index in [4.69, 9.17) is 10.5 Å². The van der Waals surface area contributed by atoms with Crippen LogP contribution in [0.2, 0.25) is 0 Å². The maximum atomic E-state index is 12.3. The minimum absolute atomic E-state index is 0.184. The van der Waals surface area contributed by atoms with E-state index in [1.54, 1.807) is 6.92 Å². The monoisotopic (exact) mass is 397 g/mol. The predicted molar refractivity (Wildman–Crippen MR) is 107 cm³/mol. The van der Waals surface area contributed by atoms with Crippen LogP contribution in [0.25, 0.3) is 11.3 Å². The van der Waals surface area contributed by atoms with Crippen LogP contribution in [0.1, 0.15) is 27.1 Å². The maximum Gasteiger partial charge on any atom is 0.280 e. The number of nitrogens with one attached hydrogen (secondary N) is 1. The van der Waals surface area contributed by atoms with Crippen LogP contribution < -0.4 is 15.8 Å². The summed E-state index contributed by atoms with van der Waals surface area (Å²) < 4.78 is 5.61. The molecule has 0 aliphatic rings. The molecule has 1 aromatic heterocycles. The quantitative estimate of drug-likeness (QED) is 0.567. The molecule has 8 heteroatoms. The number of nitrogens with zero attached hydrogens (tertiary/aromatic N) is 1. The van der Waals surface area contributed by atoms with Gasteiger partial charge in [0.25, 0.3) is 5.91 Å².